The number of nitrogens with zero attached hydrogens (tertiary/aromatic N) is 1. The van der Waals surface area contributed by atoms with E-state index in [2.05, 4.69) is 17.2 Å². The van der Waals surface area contributed by atoms with Gasteiger partial charge in [-0.15, -0.1) is 0 Å². The summed E-state index contributed by atoms with van der Waals surface area (Å²) in [6, 6.07) is 10.8. The van der Waals surface area contributed by atoms with Gasteiger partial charge in [0.15, 0.2) is 0 Å². The van der Waals surface area contributed by atoms with Gasteiger partial charge in [-0.2, -0.15) is 8.78 Å². The normalized spacial score (nSPS) is 10.8. The van der Waals surface area contributed by atoms with Crippen molar-refractivity contribution in [2.75, 3.05) is 13.2 Å². The van der Waals surface area contributed by atoms with E-state index in [0.29, 0.717) is 19.6 Å². The minimum Gasteiger partial charge on any atom is -0.494 e. The van der Waals surface area contributed by atoms with Gasteiger partial charge in [-0.25, -0.2) is 4.98 Å². The maximum atomic E-state index is 12.5. The first-order valence-corrected chi connectivity index (χ1v) is 9.38. The summed E-state index contributed by atoms with van der Waals surface area (Å²) in [5.74, 6) is -2.19. The molecule has 140 valence electrons. The zero-order valence-corrected chi connectivity index (χ0v) is 15.4. The fourth-order valence-corrected chi connectivity index (χ4v) is 2.82. The van der Waals surface area contributed by atoms with Crippen molar-refractivity contribution in [3.8, 4) is 5.75 Å². The Labute approximate surface area is 156 Å². The topological polar surface area (TPSA) is 51.2 Å². The number of halogens is 2. The molecule has 0 fully saturated rings. The zero-order chi connectivity index (χ0) is 18.8. The third-order valence-corrected chi connectivity index (χ3v) is 4.33. The van der Waals surface area contributed by atoms with Gasteiger partial charge in [0.05, 0.1) is 12.2 Å². The van der Waals surface area contributed by atoms with Gasteiger partial charge < -0.3 is 10.1 Å². The second-order valence-electron chi connectivity index (χ2n) is 5.59. The first-order chi connectivity index (χ1) is 12.6. The number of amides is 1. The third-order valence-electron chi connectivity index (χ3n) is 3.61. The quantitative estimate of drug-likeness (QED) is 0.485. The van der Waals surface area contributed by atoms with Gasteiger partial charge in [0.25, 0.3) is 11.7 Å². The molecule has 1 aromatic heterocycles. The first kappa shape index (κ1) is 20.2. The summed E-state index contributed by atoms with van der Waals surface area (Å²) in [5, 5.41) is 2.78. The molecule has 0 unspecified atom stereocenters. The highest BCUT2D eigenvalue weighted by molar-refractivity contribution is 7.99. The largest absolute Gasteiger partial charge is 0.494 e. The van der Waals surface area contributed by atoms with Crippen molar-refractivity contribution < 1.29 is 18.3 Å². The molecule has 0 saturated carbocycles. The summed E-state index contributed by atoms with van der Waals surface area (Å²) >= 11 is 0.274. The van der Waals surface area contributed by atoms with E-state index in [1.165, 1.54) is 12.3 Å². The fourth-order valence-electron chi connectivity index (χ4n) is 2.24. The Morgan fingerprint density at radius 1 is 1.27 bits per heavy atom. The molecule has 1 N–H and O–H groups in total. The molecule has 0 aliphatic heterocycles. The molecule has 1 amide bonds. The number of hydrogen-bond acceptors (Lipinski definition) is 4. The molecule has 0 radical (unpaired) electrons. The first-order valence-electron chi connectivity index (χ1n) is 8.50. The van der Waals surface area contributed by atoms with Gasteiger partial charge in [0.1, 0.15) is 10.8 Å². The maximum absolute atomic E-state index is 12.5. The summed E-state index contributed by atoms with van der Waals surface area (Å²) in [4.78, 5) is 16.1. The molecule has 2 rings (SSSR count). The van der Waals surface area contributed by atoms with Crippen molar-refractivity contribution >= 4 is 17.7 Å². The maximum Gasteiger partial charge on any atom is 0.290 e. The highest BCUT2D eigenvalue weighted by Crippen LogP contribution is 2.26. The van der Waals surface area contributed by atoms with Crippen molar-refractivity contribution in [3.63, 3.8) is 0 Å². The standard InChI is InChI=1S/C19H22F2N2O2S/c1-2-3-13-25-15-8-6-14(7-9-15)10-12-22-17(24)16-5-4-11-23-18(16)26-19(20)21/h4-9,11,19H,2-3,10,12-13H2,1H3,(H,22,24). The van der Waals surface area contributed by atoms with Gasteiger partial charge in [0, 0.05) is 12.7 Å². The molecule has 0 aliphatic rings. The lowest BCUT2D eigenvalue weighted by atomic mass is 10.1. The number of carbonyl (C=O) groups is 1. The van der Waals surface area contributed by atoms with Crippen LogP contribution in [0.5, 0.6) is 5.75 Å². The van der Waals surface area contributed by atoms with Crippen molar-refractivity contribution in [2.45, 2.75) is 37.0 Å². The van der Waals surface area contributed by atoms with E-state index in [1.807, 2.05) is 24.3 Å². The van der Waals surface area contributed by atoms with E-state index >= 15 is 0 Å². The number of pyridine rings is 1. The average Bonchev–Trinajstić information content (AvgIpc) is 2.63. The molecule has 26 heavy (non-hydrogen) atoms. The molecule has 1 aromatic carbocycles. The van der Waals surface area contributed by atoms with Crippen molar-refractivity contribution in [1.82, 2.24) is 10.3 Å². The minimum absolute atomic E-state index is 0.0357. The number of unbranched alkanes of at least 4 members (excludes halogenated alkanes) is 1. The van der Waals surface area contributed by atoms with Gasteiger partial charge in [0.2, 0.25) is 0 Å². The summed E-state index contributed by atoms with van der Waals surface area (Å²) in [5.41, 5.74) is 1.22. The Bertz CT molecular complexity index is 696. The number of nitrogens with one attached hydrogen (secondary N) is 1. The number of alkyl halides is 2. The highest BCUT2D eigenvalue weighted by atomic mass is 32.2. The number of benzene rings is 1. The molecular weight excluding hydrogens is 358 g/mol. The number of ether oxygens (including phenoxy) is 1. The van der Waals surface area contributed by atoms with Gasteiger partial charge in [-0.3, -0.25) is 4.79 Å². The number of thioether (sulfide) groups is 1. The Morgan fingerprint density at radius 3 is 2.73 bits per heavy atom. The molecule has 1 heterocycles. The number of rotatable bonds is 10. The predicted molar refractivity (Wildman–Crippen MR) is 99.0 cm³/mol. The molecule has 0 bridgehead atoms. The Morgan fingerprint density at radius 2 is 2.04 bits per heavy atom. The second kappa shape index (κ2) is 10.8. The van der Waals surface area contributed by atoms with Gasteiger partial charge >= 0.3 is 0 Å². The number of carbonyl (C=O) groups excluding carboxylic acids is 1. The predicted octanol–water partition coefficient (Wildman–Crippen LogP) is 4.55. The van der Waals surface area contributed by atoms with E-state index < -0.39 is 11.7 Å². The SMILES string of the molecule is CCCCOc1ccc(CCNC(=O)c2cccnc2SC(F)F)cc1. The van der Waals surface area contributed by atoms with Crippen LogP contribution < -0.4 is 10.1 Å². The van der Waals surface area contributed by atoms with E-state index in [1.54, 1.807) is 6.07 Å². The van der Waals surface area contributed by atoms with Crippen LogP contribution in [0.15, 0.2) is 47.6 Å². The van der Waals surface area contributed by atoms with Crippen molar-refractivity contribution in [3.05, 3.63) is 53.7 Å². The summed E-state index contributed by atoms with van der Waals surface area (Å²) in [6.07, 6.45) is 4.14. The number of aromatic nitrogens is 1. The lowest BCUT2D eigenvalue weighted by Gasteiger charge is -2.09. The molecule has 0 saturated heterocycles. The van der Waals surface area contributed by atoms with E-state index in [4.69, 9.17) is 4.74 Å². The summed E-state index contributed by atoms with van der Waals surface area (Å²) in [6.45, 7) is 3.22. The molecule has 0 spiro atoms. The molecule has 7 heteroatoms. The van der Waals surface area contributed by atoms with Crippen LogP contribution in [0, 0.1) is 0 Å². The highest BCUT2D eigenvalue weighted by Gasteiger charge is 2.16. The molecule has 4 nitrogen and oxygen atoms in total. The monoisotopic (exact) mass is 380 g/mol. The third kappa shape index (κ3) is 6.63. The molecule has 0 aliphatic carbocycles. The smallest absolute Gasteiger partial charge is 0.290 e. The Balaban J connectivity index is 1.83. The van der Waals surface area contributed by atoms with Gasteiger partial charge in [-0.1, -0.05) is 25.5 Å². The minimum atomic E-state index is -2.62. The van der Waals surface area contributed by atoms with Crippen LogP contribution in [0.3, 0.4) is 0 Å². The van der Waals surface area contributed by atoms with Crippen LogP contribution in [-0.2, 0) is 6.42 Å². The van der Waals surface area contributed by atoms with Gasteiger partial charge in [-0.05, 0) is 54.4 Å². The van der Waals surface area contributed by atoms with Crippen molar-refractivity contribution in [2.24, 2.45) is 0 Å². The zero-order valence-electron chi connectivity index (χ0n) is 14.6. The van der Waals surface area contributed by atoms with Crippen LogP contribution in [0.2, 0.25) is 0 Å². The average molecular weight is 380 g/mol. The van der Waals surface area contributed by atoms with E-state index in [0.717, 1.165) is 24.2 Å². The van der Waals surface area contributed by atoms with Crippen LogP contribution in [0.4, 0.5) is 8.78 Å². The van der Waals surface area contributed by atoms with Crippen LogP contribution in [0.25, 0.3) is 0 Å². The van der Waals surface area contributed by atoms with Crippen LogP contribution in [0.1, 0.15) is 35.7 Å². The van der Waals surface area contributed by atoms with E-state index in [-0.39, 0.29) is 22.4 Å². The van der Waals surface area contributed by atoms with Crippen molar-refractivity contribution in [1.29, 1.82) is 0 Å². The Kier molecular flexibility index (Phi) is 8.34. The second-order valence-corrected chi connectivity index (χ2v) is 6.57. The molecule has 0 atom stereocenters. The fraction of sp³-hybridized carbons (Fsp3) is 0.368. The molecular formula is C19H22F2N2O2S. The van der Waals surface area contributed by atoms with E-state index in [9.17, 15) is 13.6 Å². The van der Waals surface area contributed by atoms with Crippen LogP contribution >= 0.6 is 11.8 Å². The Hall–Kier alpha value is -2.15. The number of hydrogen-bond donors (Lipinski definition) is 1. The molecule has 2 aromatic rings. The summed E-state index contributed by atoms with van der Waals surface area (Å²) < 4.78 is 30.7. The van der Waals surface area contributed by atoms with Crippen LogP contribution in [-0.4, -0.2) is 29.8 Å². The lowest BCUT2D eigenvalue weighted by Crippen LogP contribution is -2.26. The summed E-state index contributed by atoms with van der Waals surface area (Å²) in [7, 11) is 0. The lowest BCUT2D eigenvalue weighted by molar-refractivity contribution is 0.0950.